The molecule has 1 saturated carbocycles. The third-order valence-corrected chi connectivity index (χ3v) is 11.9. The largest absolute Gasteiger partial charge is 0.390 e. The lowest BCUT2D eigenvalue weighted by Gasteiger charge is -2.33. The Morgan fingerprint density at radius 1 is 1.12 bits per heavy atom. The Balaban J connectivity index is 1.23. The van der Waals surface area contributed by atoms with Crippen LogP contribution in [0.15, 0.2) is 81.9 Å². The number of fused-ring (bicyclic) bond motifs is 1. The second-order valence-electron chi connectivity index (χ2n) is 12.7. The molecule has 0 bridgehead atoms. The van der Waals surface area contributed by atoms with Gasteiger partial charge >= 0.3 is 6.55 Å². The van der Waals surface area contributed by atoms with E-state index in [0.717, 1.165) is 30.7 Å². The van der Waals surface area contributed by atoms with Crippen LogP contribution in [0.2, 0.25) is 5.02 Å². The van der Waals surface area contributed by atoms with Crippen molar-refractivity contribution in [2.45, 2.75) is 74.1 Å². The van der Waals surface area contributed by atoms with Crippen LogP contribution >= 0.6 is 22.9 Å². The molecule has 0 radical (unpaired) electrons. The van der Waals surface area contributed by atoms with Crippen molar-refractivity contribution >= 4 is 44.4 Å². The molecule has 2 N–H and O–H groups in total. The third-order valence-electron chi connectivity index (χ3n) is 9.27. The van der Waals surface area contributed by atoms with E-state index in [4.69, 9.17) is 16.6 Å². The molecule has 2 fully saturated rings. The molecule has 3 aliphatic rings. The smallest absolute Gasteiger partial charge is 0.333 e. The van der Waals surface area contributed by atoms with Gasteiger partial charge in [-0.15, -0.1) is 11.3 Å². The van der Waals surface area contributed by atoms with E-state index in [1.807, 2.05) is 24.0 Å². The lowest BCUT2D eigenvalue weighted by molar-refractivity contribution is 0.0171. The zero-order valence-electron chi connectivity index (χ0n) is 25.7. The number of aliphatic hydroxyl groups is 1. The molecule has 7 rings (SSSR count). The fourth-order valence-corrected chi connectivity index (χ4v) is 8.95. The topological polar surface area (TPSA) is 113 Å². The summed E-state index contributed by atoms with van der Waals surface area (Å²) in [6.07, 6.45) is 6.02. The number of alkyl halides is 2. The maximum absolute atomic E-state index is 14.1. The van der Waals surface area contributed by atoms with Crippen molar-refractivity contribution in [2.24, 2.45) is 4.99 Å². The second-order valence-corrected chi connectivity index (χ2v) is 15.7. The number of sulfonamides is 1. The van der Waals surface area contributed by atoms with Crippen LogP contribution in [0.25, 0.3) is 5.57 Å². The molecular formula is C33H32ClF3N6O3S2. The first kappa shape index (κ1) is 33.0. The van der Waals surface area contributed by atoms with Gasteiger partial charge in [0.1, 0.15) is 11.9 Å². The third kappa shape index (κ3) is 6.43. The van der Waals surface area contributed by atoms with Crippen molar-refractivity contribution in [3.8, 4) is 0 Å². The molecule has 0 unspecified atom stereocenters. The zero-order chi connectivity index (χ0) is 33.8. The van der Waals surface area contributed by atoms with Gasteiger partial charge in [0, 0.05) is 58.6 Å². The molecule has 2 atom stereocenters. The normalized spacial score (nSPS) is 24.7. The van der Waals surface area contributed by atoms with Crippen LogP contribution in [0.3, 0.4) is 0 Å². The Morgan fingerprint density at radius 2 is 1.88 bits per heavy atom. The number of aliphatic imine (C=N–C) groups is 1. The molecule has 0 spiro atoms. The lowest BCUT2D eigenvalue weighted by Crippen LogP contribution is -2.39. The number of benzene rings is 2. The van der Waals surface area contributed by atoms with Crippen molar-refractivity contribution < 1.29 is 26.7 Å². The first-order valence-electron chi connectivity index (χ1n) is 15.5. The Kier molecular flexibility index (Phi) is 8.73. The quantitative estimate of drug-likeness (QED) is 0.205. The van der Waals surface area contributed by atoms with Gasteiger partial charge in [0.05, 0.1) is 16.2 Å². The highest BCUT2D eigenvalue weighted by Crippen LogP contribution is 2.46. The van der Waals surface area contributed by atoms with Crippen LogP contribution < -0.4 is 4.72 Å². The van der Waals surface area contributed by atoms with Crippen LogP contribution in [0, 0.1) is 5.82 Å². The molecule has 0 amide bonds. The summed E-state index contributed by atoms with van der Waals surface area (Å²) in [5, 5.41) is 16.9. The van der Waals surface area contributed by atoms with Gasteiger partial charge in [-0.2, -0.15) is 13.9 Å². The maximum atomic E-state index is 14.1. The standard InChI is InChI=1S/C33H32ClF3N6O3S2/c1-33(44)11-8-20(9-12-33)19-2-5-23(6-3-19)48(45,46)41-22-17-27-28(26-10-14-43(40-26)32(36)37)29(24-7-4-21(35)16-25(24)34)39-30(42(27)18-22)31-38-13-15-47-31/h2-7,10,13-16,20,22,29,32,41,44H,8-9,11-12,17-18H2,1H3/t20-,22-,29-,33-/m0/s1. The Bertz CT molecular complexity index is 1990. The van der Waals surface area contributed by atoms with Gasteiger partial charge in [0.15, 0.2) is 10.8 Å². The van der Waals surface area contributed by atoms with E-state index in [2.05, 4.69) is 14.8 Å². The monoisotopic (exact) mass is 716 g/mol. The van der Waals surface area contributed by atoms with Crippen molar-refractivity contribution in [3.63, 3.8) is 0 Å². The molecular weight excluding hydrogens is 685 g/mol. The van der Waals surface area contributed by atoms with Gasteiger partial charge in [-0.3, -0.25) is 4.99 Å². The van der Waals surface area contributed by atoms with Crippen LogP contribution in [0.4, 0.5) is 13.2 Å². The summed E-state index contributed by atoms with van der Waals surface area (Å²) < 4.78 is 72.2. The van der Waals surface area contributed by atoms with Gasteiger partial charge in [-0.1, -0.05) is 29.8 Å². The molecule has 2 aromatic heterocycles. The molecule has 4 heterocycles. The number of thiazole rings is 1. The first-order valence-corrected chi connectivity index (χ1v) is 18.2. The minimum Gasteiger partial charge on any atom is -0.390 e. The van der Waals surface area contributed by atoms with E-state index in [1.54, 1.807) is 23.7 Å². The van der Waals surface area contributed by atoms with Gasteiger partial charge < -0.3 is 10.0 Å². The summed E-state index contributed by atoms with van der Waals surface area (Å²) in [5.74, 6) is 0.169. The molecule has 48 heavy (non-hydrogen) atoms. The number of hydrogen-bond acceptors (Lipinski definition) is 8. The highest BCUT2D eigenvalue weighted by atomic mass is 35.5. The Hall–Kier alpha value is -3.56. The summed E-state index contributed by atoms with van der Waals surface area (Å²) in [5.41, 5.74) is 2.11. The molecule has 15 heteroatoms. The highest BCUT2D eigenvalue weighted by molar-refractivity contribution is 7.89. The fourth-order valence-electron chi connectivity index (χ4n) is 6.81. The molecule has 1 saturated heterocycles. The molecule has 4 aromatic rings. The SMILES string of the molecule is C[C@]1(O)CC[C@H](c2ccc(S(=O)(=O)N[C@H]3CC4=C(c5ccn(C(F)F)n5)[C@H](c5ccc(F)cc5Cl)N=C(c5nccs5)N4C3)cc2)CC1. The van der Waals surface area contributed by atoms with Crippen LogP contribution in [0.5, 0.6) is 0 Å². The lowest BCUT2D eigenvalue weighted by atomic mass is 9.77. The van der Waals surface area contributed by atoms with E-state index in [0.29, 0.717) is 45.2 Å². The summed E-state index contributed by atoms with van der Waals surface area (Å²) >= 11 is 7.88. The summed E-state index contributed by atoms with van der Waals surface area (Å²) in [7, 11) is -3.96. The van der Waals surface area contributed by atoms with Gasteiger partial charge in [0.2, 0.25) is 10.0 Å². The number of nitrogens with zero attached hydrogens (tertiary/aromatic N) is 5. The molecule has 9 nitrogen and oxygen atoms in total. The summed E-state index contributed by atoms with van der Waals surface area (Å²) in [4.78, 5) is 11.4. The van der Waals surface area contributed by atoms with Gasteiger partial charge in [-0.25, -0.2) is 27.2 Å². The van der Waals surface area contributed by atoms with E-state index in [1.165, 1.54) is 29.5 Å². The van der Waals surface area contributed by atoms with E-state index >= 15 is 0 Å². The van der Waals surface area contributed by atoms with Crippen molar-refractivity contribution in [3.05, 3.63) is 105 Å². The molecule has 252 valence electrons. The van der Waals surface area contributed by atoms with Gasteiger partial charge in [-0.05, 0) is 74.4 Å². The average molecular weight is 717 g/mol. The Morgan fingerprint density at radius 3 is 2.52 bits per heavy atom. The molecule has 2 aromatic carbocycles. The highest BCUT2D eigenvalue weighted by Gasteiger charge is 2.42. The summed E-state index contributed by atoms with van der Waals surface area (Å²) in [6.45, 7) is -0.844. The number of hydrogen-bond donors (Lipinski definition) is 2. The van der Waals surface area contributed by atoms with Crippen molar-refractivity contribution in [2.75, 3.05) is 6.54 Å². The predicted octanol–water partition coefficient (Wildman–Crippen LogP) is 6.90. The molecule has 2 aliphatic heterocycles. The minimum atomic E-state index is -3.96. The van der Waals surface area contributed by atoms with Crippen LogP contribution in [-0.2, 0) is 10.0 Å². The van der Waals surface area contributed by atoms with E-state index in [9.17, 15) is 26.7 Å². The first-order chi connectivity index (χ1) is 22.9. The number of nitrogens with one attached hydrogen (secondary N) is 1. The number of rotatable bonds is 8. The summed E-state index contributed by atoms with van der Waals surface area (Å²) in [6, 6.07) is 10.8. The van der Waals surface area contributed by atoms with Crippen molar-refractivity contribution in [1.82, 2.24) is 24.4 Å². The van der Waals surface area contributed by atoms with E-state index in [-0.39, 0.29) is 34.5 Å². The maximum Gasteiger partial charge on any atom is 0.333 e. The average Bonchev–Trinajstić information content (AvgIpc) is 3.82. The van der Waals surface area contributed by atoms with Crippen molar-refractivity contribution in [1.29, 1.82) is 0 Å². The zero-order valence-corrected chi connectivity index (χ0v) is 28.1. The van der Waals surface area contributed by atoms with Gasteiger partial charge in [0.25, 0.3) is 0 Å². The Labute approximate surface area is 284 Å². The predicted molar refractivity (Wildman–Crippen MR) is 177 cm³/mol. The molecule has 1 aliphatic carbocycles. The fraction of sp³-hybridized carbons (Fsp3) is 0.364. The number of aromatic nitrogens is 3. The van der Waals surface area contributed by atoms with Crippen LogP contribution in [-0.4, -0.2) is 57.2 Å². The van der Waals surface area contributed by atoms with Crippen LogP contribution in [0.1, 0.15) is 79.4 Å². The van der Waals surface area contributed by atoms with E-state index < -0.39 is 40.1 Å². The second kappa shape index (κ2) is 12.7. The minimum absolute atomic E-state index is 0.0967. The number of halogens is 4. The number of amidine groups is 1.